The van der Waals surface area contributed by atoms with Crippen molar-refractivity contribution in [2.75, 3.05) is 32.8 Å². The quantitative estimate of drug-likeness (QED) is 0.373. The molecule has 1 saturated heterocycles. The Bertz CT molecular complexity index is 824. The second-order valence-corrected chi connectivity index (χ2v) is 7.35. The van der Waals surface area contributed by atoms with E-state index in [-0.39, 0.29) is 24.0 Å². The molecule has 8 heteroatoms. The number of nitrogens with zero attached hydrogens (tertiary/aromatic N) is 2. The Morgan fingerprint density at radius 2 is 2.21 bits per heavy atom. The van der Waals surface area contributed by atoms with Crippen LogP contribution in [0.4, 0.5) is 8.78 Å². The minimum Gasteiger partial charge on any atom is -0.469 e. The van der Waals surface area contributed by atoms with Gasteiger partial charge in [-0.15, -0.1) is 24.0 Å². The maximum Gasteiger partial charge on any atom is 0.194 e. The van der Waals surface area contributed by atoms with Gasteiger partial charge in [-0.1, -0.05) is 0 Å². The summed E-state index contributed by atoms with van der Waals surface area (Å²) in [5.74, 6) is 1.11. The third-order valence-electron chi connectivity index (χ3n) is 5.30. The Morgan fingerprint density at radius 1 is 1.31 bits per heavy atom. The fourth-order valence-corrected chi connectivity index (χ4v) is 3.75. The van der Waals surface area contributed by atoms with Gasteiger partial charge in [0, 0.05) is 51.2 Å². The largest absolute Gasteiger partial charge is 0.469 e. The highest BCUT2D eigenvalue weighted by Crippen LogP contribution is 2.23. The lowest BCUT2D eigenvalue weighted by Gasteiger charge is -2.32. The molecular formula is C21H26F2IN3O2. The molecule has 1 N–H and O–H groups in total. The number of hydrogen-bond donors (Lipinski definition) is 1. The first-order valence-electron chi connectivity index (χ1n) is 9.79. The average molecular weight is 517 g/mol. The maximum atomic E-state index is 14.0. The molecule has 0 aliphatic carbocycles. The number of halogens is 3. The second-order valence-electron chi connectivity index (χ2n) is 7.35. The number of hydrogen-bond acceptors (Lipinski definition) is 3. The van der Waals surface area contributed by atoms with Gasteiger partial charge in [0.1, 0.15) is 17.4 Å². The number of rotatable bonds is 5. The van der Waals surface area contributed by atoms with Crippen LogP contribution in [0.1, 0.15) is 23.3 Å². The molecule has 0 spiro atoms. The molecular weight excluding hydrogens is 491 g/mol. The summed E-state index contributed by atoms with van der Waals surface area (Å²) < 4.78 is 38.5. The highest BCUT2D eigenvalue weighted by atomic mass is 127. The molecule has 1 aromatic carbocycles. The van der Waals surface area contributed by atoms with Crippen LogP contribution in [0.25, 0.3) is 0 Å². The van der Waals surface area contributed by atoms with Crippen LogP contribution in [0, 0.1) is 17.6 Å². The number of furan rings is 1. The predicted octanol–water partition coefficient (Wildman–Crippen LogP) is 3.76. The SMILES string of the molecule is Fc1cc(F)c2c(c1)CN(C(=NCC1CCOC1)NCCc1ccco1)CC2.I. The summed E-state index contributed by atoms with van der Waals surface area (Å²) in [6.45, 7) is 3.97. The Hall–Kier alpha value is -1.68. The molecule has 0 amide bonds. The minimum atomic E-state index is -0.537. The first kappa shape index (κ1) is 22.0. The van der Waals surface area contributed by atoms with Crippen molar-refractivity contribution in [2.45, 2.75) is 25.8 Å². The predicted molar refractivity (Wildman–Crippen MR) is 118 cm³/mol. The van der Waals surface area contributed by atoms with Crippen molar-refractivity contribution in [3.8, 4) is 0 Å². The molecule has 1 aromatic heterocycles. The number of guanidine groups is 1. The summed E-state index contributed by atoms with van der Waals surface area (Å²) >= 11 is 0. The van der Waals surface area contributed by atoms with Crippen molar-refractivity contribution in [2.24, 2.45) is 10.9 Å². The summed E-state index contributed by atoms with van der Waals surface area (Å²) in [4.78, 5) is 6.87. The standard InChI is InChI=1S/C21H25F2N3O2.HI/c22-17-10-16-13-26(7-4-19(16)20(23)11-17)21(25-12-15-5-9-27-14-15)24-6-3-18-2-1-8-28-18;/h1-2,8,10-11,15H,3-7,9,12-14H2,(H,24,25);1H. The minimum absolute atomic E-state index is 0. The third-order valence-corrected chi connectivity index (χ3v) is 5.30. The van der Waals surface area contributed by atoms with Crippen LogP contribution < -0.4 is 5.32 Å². The van der Waals surface area contributed by atoms with Crippen molar-refractivity contribution in [1.82, 2.24) is 10.2 Å². The second kappa shape index (κ2) is 10.4. The van der Waals surface area contributed by atoms with Gasteiger partial charge < -0.3 is 19.4 Å². The Kier molecular flexibility index (Phi) is 7.88. The molecule has 3 heterocycles. The Morgan fingerprint density at radius 3 is 2.97 bits per heavy atom. The molecule has 2 aliphatic heterocycles. The highest BCUT2D eigenvalue weighted by Gasteiger charge is 2.23. The van der Waals surface area contributed by atoms with Crippen molar-refractivity contribution < 1.29 is 17.9 Å². The highest BCUT2D eigenvalue weighted by molar-refractivity contribution is 14.0. The number of fused-ring (bicyclic) bond motifs is 1. The van der Waals surface area contributed by atoms with Gasteiger partial charge in [-0.25, -0.2) is 8.78 Å². The van der Waals surface area contributed by atoms with Crippen LogP contribution >= 0.6 is 24.0 Å². The van der Waals surface area contributed by atoms with Gasteiger partial charge in [0.05, 0.1) is 12.9 Å². The zero-order valence-electron chi connectivity index (χ0n) is 16.2. The van der Waals surface area contributed by atoms with E-state index in [4.69, 9.17) is 14.1 Å². The summed E-state index contributed by atoms with van der Waals surface area (Å²) in [6.07, 6.45) is 3.95. The number of aliphatic imine (C=N–C) groups is 1. The number of ether oxygens (including phenoxy) is 1. The van der Waals surface area contributed by atoms with E-state index >= 15 is 0 Å². The number of benzene rings is 1. The van der Waals surface area contributed by atoms with Gasteiger partial charge in [-0.3, -0.25) is 4.99 Å². The molecule has 4 rings (SSSR count). The van der Waals surface area contributed by atoms with Crippen LogP contribution in [0.2, 0.25) is 0 Å². The van der Waals surface area contributed by atoms with Crippen LogP contribution in [0.15, 0.2) is 39.9 Å². The van der Waals surface area contributed by atoms with Gasteiger partial charge in [-0.05, 0) is 42.2 Å². The lowest BCUT2D eigenvalue weighted by Crippen LogP contribution is -2.45. The van der Waals surface area contributed by atoms with E-state index < -0.39 is 11.6 Å². The topological polar surface area (TPSA) is 50.0 Å². The first-order valence-corrected chi connectivity index (χ1v) is 9.79. The Labute approximate surface area is 186 Å². The van der Waals surface area contributed by atoms with E-state index in [1.165, 1.54) is 6.07 Å². The van der Waals surface area contributed by atoms with Gasteiger partial charge in [0.2, 0.25) is 0 Å². The van der Waals surface area contributed by atoms with Gasteiger partial charge in [0.15, 0.2) is 5.96 Å². The summed E-state index contributed by atoms with van der Waals surface area (Å²) in [5, 5.41) is 3.40. The zero-order valence-corrected chi connectivity index (χ0v) is 18.5. The van der Waals surface area contributed by atoms with Gasteiger partial charge in [0.25, 0.3) is 0 Å². The van der Waals surface area contributed by atoms with Crippen LogP contribution in [0.3, 0.4) is 0 Å². The fourth-order valence-electron chi connectivity index (χ4n) is 3.75. The van der Waals surface area contributed by atoms with Crippen LogP contribution in [-0.2, 0) is 24.1 Å². The molecule has 0 bridgehead atoms. The van der Waals surface area contributed by atoms with Crippen LogP contribution in [0.5, 0.6) is 0 Å². The Balaban J connectivity index is 0.00000240. The van der Waals surface area contributed by atoms with Crippen LogP contribution in [-0.4, -0.2) is 43.7 Å². The monoisotopic (exact) mass is 517 g/mol. The maximum absolute atomic E-state index is 14.0. The smallest absolute Gasteiger partial charge is 0.194 e. The molecule has 5 nitrogen and oxygen atoms in total. The lowest BCUT2D eigenvalue weighted by atomic mass is 9.99. The van der Waals surface area contributed by atoms with Crippen molar-refractivity contribution in [3.63, 3.8) is 0 Å². The third kappa shape index (κ3) is 5.69. The van der Waals surface area contributed by atoms with Gasteiger partial charge >= 0.3 is 0 Å². The molecule has 158 valence electrons. The lowest BCUT2D eigenvalue weighted by molar-refractivity contribution is 0.187. The van der Waals surface area contributed by atoms with Crippen molar-refractivity contribution in [1.29, 1.82) is 0 Å². The summed E-state index contributed by atoms with van der Waals surface area (Å²) in [7, 11) is 0. The van der Waals surface area contributed by atoms with E-state index in [9.17, 15) is 8.78 Å². The van der Waals surface area contributed by atoms with Crippen molar-refractivity contribution in [3.05, 3.63) is 59.1 Å². The van der Waals surface area contributed by atoms with E-state index in [2.05, 4.69) is 10.2 Å². The molecule has 1 atom stereocenters. The summed E-state index contributed by atoms with van der Waals surface area (Å²) in [6, 6.07) is 6.20. The number of nitrogens with one attached hydrogen (secondary N) is 1. The van der Waals surface area contributed by atoms with E-state index in [1.807, 2.05) is 12.1 Å². The van der Waals surface area contributed by atoms with Gasteiger partial charge in [-0.2, -0.15) is 0 Å². The normalized spacial score (nSPS) is 19.0. The van der Waals surface area contributed by atoms with E-state index in [0.29, 0.717) is 49.6 Å². The molecule has 1 fully saturated rings. The van der Waals surface area contributed by atoms with E-state index in [1.54, 1.807) is 6.26 Å². The molecule has 1 unspecified atom stereocenters. The molecule has 2 aliphatic rings. The zero-order chi connectivity index (χ0) is 19.3. The molecule has 0 saturated carbocycles. The first-order chi connectivity index (χ1) is 13.7. The molecule has 29 heavy (non-hydrogen) atoms. The molecule has 2 aromatic rings. The fraction of sp³-hybridized carbons (Fsp3) is 0.476. The summed E-state index contributed by atoms with van der Waals surface area (Å²) in [5.41, 5.74) is 1.30. The molecule has 0 radical (unpaired) electrons. The average Bonchev–Trinajstić information content (AvgIpc) is 3.38. The van der Waals surface area contributed by atoms with Crippen molar-refractivity contribution >= 4 is 29.9 Å². The van der Waals surface area contributed by atoms with E-state index in [0.717, 1.165) is 43.8 Å².